The lowest BCUT2D eigenvalue weighted by atomic mass is 10.1. The van der Waals surface area contributed by atoms with Crippen molar-refractivity contribution in [1.29, 1.82) is 0 Å². The molecule has 0 aliphatic rings. The van der Waals surface area contributed by atoms with Gasteiger partial charge in [0, 0.05) is 10.0 Å². The van der Waals surface area contributed by atoms with Gasteiger partial charge in [-0.15, -0.1) is 6.58 Å². The number of rotatable bonds is 10. The number of nitrogens with one attached hydrogen (secondary N) is 1. The average molecular weight is 448 g/mol. The summed E-state index contributed by atoms with van der Waals surface area (Å²) >= 11 is 3.39. The van der Waals surface area contributed by atoms with E-state index in [1.807, 2.05) is 36.4 Å². The van der Waals surface area contributed by atoms with Crippen LogP contribution in [0.2, 0.25) is 0 Å². The fourth-order valence-corrected chi connectivity index (χ4v) is 2.72. The maximum atomic E-state index is 10.7. The van der Waals surface area contributed by atoms with Crippen LogP contribution in [0.3, 0.4) is 0 Å². The highest BCUT2D eigenvalue weighted by atomic mass is 79.9. The second-order valence-electron chi connectivity index (χ2n) is 5.59. The van der Waals surface area contributed by atoms with E-state index in [1.165, 1.54) is 6.21 Å². The van der Waals surface area contributed by atoms with Crippen LogP contribution in [0, 0.1) is 0 Å². The van der Waals surface area contributed by atoms with E-state index in [2.05, 4.69) is 33.0 Å². The normalized spacial score (nSPS) is 10.5. The number of halogens is 1. The third-order valence-electron chi connectivity index (χ3n) is 3.56. The van der Waals surface area contributed by atoms with Gasteiger partial charge in [-0.05, 0) is 42.3 Å². The summed E-state index contributed by atoms with van der Waals surface area (Å²) in [5.74, 6) is 1.89. The van der Waals surface area contributed by atoms with Crippen LogP contribution in [0.1, 0.15) is 11.1 Å². The predicted octanol–water partition coefficient (Wildman–Crippen LogP) is 3.65. The van der Waals surface area contributed by atoms with Crippen molar-refractivity contribution in [2.75, 3.05) is 20.3 Å². The number of methoxy groups -OCH3 is 1. The highest BCUT2D eigenvalue weighted by Crippen LogP contribution is 2.28. The first-order chi connectivity index (χ1) is 13.5. The summed E-state index contributed by atoms with van der Waals surface area (Å²) < 4.78 is 17.8. The Morgan fingerprint density at radius 3 is 2.57 bits per heavy atom. The zero-order valence-electron chi connectivity index (χ0n) is 15.5. The number of primary amides is 1. The van der Waals surface area contributed by atoms with Crippen LogP contribution in [0.25, 0.3) is 0 Å². The first-order valence-electron chi connectivity index (χ1n) is 8.45. The summed E-state index contributed by atoms with van der Waals surface area (Å²) in [4.78, 5) is 10.7. The monoisotopic (exact) mass is 447 g/mol. The van der Waals surface area contributed by atoms with Gasteiger partial charge >= 0.3 is 6.03 Å². The molecule has 2 aromatic carbocycles. The van der Waals surface area contributed by atoms with E-state index < -0.39 is 6.03 Å². The number of nitrogens with two attached hydrogens (primary N) is 1. The van der Waals surface area contributed by atoms with Gasteiger partial charge in [0.15, 0.2) is 11.5 Å². The van der Waals surface area contributed by atoms with Gasteiger partial charge in [0.25, 0.3) is 0 Å². The van der Waals surface area contributed by atoms with E-state index in [0.29, 0.717) is 36.0 Å². The van der Waals surface area contributed by atoms with Gasteiger partial charge in [0.05, 0.1) is 13.3 Å². The van der Waals surface area contributed by atoms with E-state index in [4.69, 9.17) is 19.9 Å². The Labute approximate surface area is 172 Å². The van der Waals surface area contributed by atoms with Crippen molar-refractivity contribution in [1.82, 2.24) is 5.43 Å². The molecule has 0 aliphatic heterocycles. The van der Waals surface area contributed by atoms with Gasteiger partial charge < -0.3 is 19.9 Å². The van der Waals surface area contributed by atoms with Gasteiger partial charge in [-0.25, -0.2) is 10.2 Å². The SMILES string of the molecule is C=CCc1ccc(OCCOc2ccc(Br)cc2/C=N\NC(N)=O)c(OC)c1. The van der Waals surface area contributed by atoms with E-state index in [1.54, 1.807) is 13.2 Å². The quantitative estimate of drug-likeness (QED) is 0.251. The van der Waals surface area contributed by atoms with Crippen molar-refractivity contribution in [3.63, 3.8) is 0 Å². The Bertz CT molecular complexity index is 855. The zero-order valence-corrected chi connectivity index (χ0v) is 17.1. The van der Waals surface area contributed by atoms with Crippen LogP contribution in [0.4, 0.5) is 4.79 Å². The van der Waals surface area contributed by atoms with Gasteiger partial charge in [0.2, 0.25) is 0 Å². The van der Waals surface area contributed by atoms with Crippen molar-refractivity contribution in [2.24, 2.45) is 10.8 Å². The standard InChI is InChI=1S/C20H22BrN3O4/c1-3-4-14-5-7-18(19(11-14)26-2)28-10-9-27-17-8-6-16(21)12-15(17)13-23-24-20(22)25/h3,5-8,11-13H,1,4,9-10H2,2H3,(H3,22,24,25)/b23-13-. The van der Waals surface area contributed by atoms with Crippen LogP contribution in [-0.4, -0.2) is 32.6 Å². The number of amides is 2. The summed E-state index contributed by atoms with van der Waals surface area (Å²) in [5.41, 5.74) is 8.91. The molecule has 0 unspecified atom stereocenters. The fraction of sp³-hybridized carbons (Fsp3) is 0.200. The second kappa shape index (κ2) is 11.0. The molecule has 0 saturated carbocycles. The van der Waals surface area contributed by atoms with Crippen molar-refractivity contribution < 1.29 is 19.0 Å². The number of ether oxygens (including phenoxy) is 3. The van der Waals surface area contributed by atoms with Crippen molar-refractivity contribution in [2.45, 2.75) is 6.42 Å². The molecule has 0 aromatic heterocycles. The Morgan fingerprint density at radius 1 is 1.18 bits per heavy atom. The molecule has 148 valence electrons. The second-order valence-corrected chi connectivity index (χ2v) is 6.51. The summed E-state index contributed by atoms with van der Waals surface area (Å²) in [5, 5.41) is 3.76. The molecule has 0 saturated heterocycles. The van der Waals surface area contributed by atoms with Crippen LogP contribution in [0.5, 0.6) is 17.2 Å². The zero-order chi connectivity index (χ0) is 20.4. The van der Waals surface area contributed by atoms with Gasteiger partial charge in [-0.3, -0.25) is 0 Å². The molecule has 0 bridgehead atoms. The third kappa shape index (κ3) is 6.62. The highest BCUT2D eigenvalue weighted by Gasteiger charge is 2.07. The molecule has 2 amide bonds. The van der Waals surface area contributed by atoms with Crippen LogP contribution >= 0.6 is 15.9 Å². The van der Waals surface area contributed by atoms with E-state index in [0.717, 1.165) is 16.5 Å². The van der Waals surface area contributed by atoms with Crippen LogP contribution < -0.4 is 25.4 Å². The molecular formula is C20H22BrN3O4. The Balaban J connectivity index is 1.95. The summed E-state index contributed by atoms with van der Waals surface area (Å²) in [6, 6.07) is 10.5. The first kappa shape index (κ1) is 21.3. The number of urea groups is 1. The summed E-state index contributed by atoms with van der Waals surface area (Å²) in [7, 11) is 1.60. The number of hydrogen-bond donors (Lipinski definition) is 2. The highest BCUT2D eigenvalue weighted by molar-refractivity contribution is 9.10. The molecule has 0 atom stereocenters. The minimum atomic E-state index is -0.741. The molecule has 0 spiro atoms. The van der Waals surface area contributed by atoms with E-state index in [9.17, 15) is 4.79 Å². The molecule has 28 heavy (non-hydrogen) atoms. The number of carbonyl (C=O) groups is 1. The summed E-state index contributed by atoms with van der Waals surface area (Å²) in [6.45, 7) is 4.37. The minimum Gasteiger partial charge on any atom is -0.493 e. The molecule has 0 aliphatic carbocycles. The molecular weight excluding hydrogens is 426 g/mol. The van der Waals surface area contributed by atoms with E-state index in [-0.39, 0.29) is 0 Å². The molecule has 3 N–H and O–H groups in total. The van der Waals surface area contributed by atoms with Crippen molar-refractivity contribution in [3.8, 4) is 17.2 Å². The largest absolute Gasteiger partial charge is 0.493 e. The lowest BCUT2D eigenvalue weighted by Gasteiger charge is -2.13. The number of hydrazone groups is 1. The smallest absolute Gasteiger partial charge is 0.332 e. The number of benzene rings is 2. The minimum absolute atomic E-state index is 0.309. The molecule has 2 aromatic rings. The Hall–Kier alpha value is -3.00. The van der Waals surface area contributed by atoms with Crippen LogP contribution in [-0.2, 0) is 6.42 Å². The fourth-order valence-electron chi connectivity index (χ4n) is 2.35. The predicted molar refractivity (Wildman–Crippen MR) is 112 cm³/mol. The maximum Gasteiger partial charge on any atom is 0.332 e. The topological polar surface area (TPSA) is 95.2 Å². The number of hydrogen-bond acceptors (Lipinski definition) is 5. The molecule has 0 radical (unpaired) electrons. The van der Waals surface area contributed by atoms with Gasteiger partial charge in [0.1, 0.15) is 19.0 Å². The van der Waals surface area contributed by atoms with Crippen LogP contribution in [0.15, 0.2) is 58.6 Å². The molecule has 0 heterocycles. The molecule has 7 nitrogen and oxygen atoms in total. The Morgan fingerprint density at radius 2 is 1.89 bits per heavy atom. The lowest BCUT2D eigenvalue weighted by Crippen LogP contribution is -2.24. The maximum absolute atomic E-state index is 10.7. The van der Waals surface area contributed by atoms with Gasteiger partial charge in [-0.1, -0.05) is 28.1 Å². The van der Waals surface area contributed by atoms with Gasteiger partial charge in [-0.2, -0.15) is 5.10 Å². The Kier molecular flexibility index (Phi) is 8.36. The number of carbonyl (C=O) groups excluding carboxylic acids is 1. The summed E-state index contributed by atoms with van der Waals surface area (Å²) in [6.07, 6.45) is 4.05. The molecule has 8 heteroatoms. The van der Waals surface area contributed by atoms with Crippen molar-refractivity contribution in [3.05, 3.63) is 64.7 Å². The lowest BCUT2D eigenvalue weighted by molar-refractivity contribution is 0.211. The third-order valence-corrected chi connectivity index (χ3v) is 4.05. The average Bonchev–Trinajstić information content (AvgIpc) is 2.67. The number of allylic oxidation sites excluding steroid dienone is 1. The molecule has 0 fully saturated rings. The molecule has 2 rings (SSSR count). The van der Waals surface area contributed by atoms with Crippen molar-refractivity contribution >= 4 is 28.2 Å². The van der Waals surface area contributed by atoms with E-state index >= 15 is 0 Å². The number of nitrogens with zero attached hydrogens (tertiary/aromatic N) is 1. The first-order valence-corrected chi connectivity index (χ1v) is 9.24.